The van der Waals surface area contributed by atoms with Gasteiger partial charge in [0.15, 0.2) is 0 Å². The van der Waals surface area contributed by atoms with Gasteiger partial charge in [-0.3, -0.25) is 4.79 Å². The SMILES string of the molecule is CC(CCN)NC(=O)c1cccc(OC(C)C)c1. The molecular formula is C14H22N2O2. The van der Waals surface area contributed by atoms with Crippen LogP contribution in [0.2, 0.25) is 0 Å². The zero-order valence-corrected chi connectivity index (χ0v) is 11.3. The average Bonchev–Trinajstić information content (AvgIpc) is 2.28. The number of hydrogen-bond acceptors (Lipinski definition) is 3. The summed E-state index contributed by atoms with van der Waals surface area (Å²) >= 11 is 0. The maximum Gasteiger partial charge on any atom is 0.251 e. The molecule has 4 heteroatoms. The zero-order valence-electron chi connectivity index (χ0n) is 11.3. The molecule has 0 heterocycles. The molecule has 1 aromatic carbocycles. The van der Waals surface area contributed by atoms with E-state index in [2.05, 4.69) is 5.32 Å². The van der Waals surface area contributed by atoms with Crippen molar-refractivity contribution < 1.29 is 9.53 Å². The van der Waals surface area contributed by atoms with Gasteiger partial charge in [0.1, 0.15) is 5.75 Å². The van der Waals surface area contributed by atoms with Crippen molar-refractivity contribution in [2.24, 2.45) is 5.73 Å². The summed E-state index contributed by atoms with van der Waals surface area (Å²) in [6.45, 7) is 6.42. The summed E-state index contributed by atoms with van der Waals surface area (Å²) < 4.78 is 5.56. The van der Waals surface area contributed by atoms with Gasteiger partial charge in [0, 0.05) is 11.6 Å². The molecule has 0 spiro atoms. The molecule has 1 unspecified atom stereocenters. The number of ether oxygens (including phenoxy) is 1. The van der Waals surface area contributed by atoms with Crippen LogP contribution in [0.3, 0.4) is 0 Å². The minimum Gasteiger partial charge on any atom is -0.491 e. The lowest BCUT2D eigenvalue weighted by Gasteiger charge is -2.14. The lowest BCUT2D eigenvalue weighted by Crippen LogP contribution is -2.34. The molecule has 0 fully saturated rings. The number of hydrogen-bond donors (Lipinski definition) is 2. The molecule has 0 aliphatic rings. The Morgan fingerprint density at radius 2 is 2.11 bits per heavy atom. The highest BCUT2D eigenvalue weighted by Gasteiger charge is 2.10. The molecule has 4 nitrogen and oxygen atoms in total. The van der Waals surface area contributed by atoms with Gasteiger partial charge in [-0.2, -0.15) is 0 Å². The van der Waals surface area contributed by atoms with Crippen LogP contribution in [-0.2, 0) is 0 Å². The lowest BCUT2D eigenvalue weighted by molar-refractivity contribution is 0.0938. The van der Waals surface area contributed by atoms with Crippen LogP contribution in [0.15, 0.2) is 24.3 Å². The van der Waals surface area contributed by atoms with Gasteiger partial charge in [0.2, 0.25) is 0 Å². The second-order valence-electron chi connectivity index (χ2n) is 4.65. The second kappa shape index (κ2) is 7.01. The third-order valence-corrected chi connectivity index (χ3v) is 2.45. The Kier molecular flexibility index (Phi) is 5.65. The summed E-state index contributed by atoms with van der Waals surface area (Å²) in [5.74, 6) is 0.620. The van der Waals surface area contributed by atoms with E-state index < -0.39 is 0 Å². The first-order valence-corrected chi connectivity index (χ1v) is 6.30. The van der Waals surface area contributed by atoms with Crippen LogP contribution in [0, 0.1) is 0 Å². The predicted octanol–water partition coefficient (Wildman–Crippen LogP) is 1.94. The maximum absolute atomic E-state index is 12.0. The van der Waals surface area contributed by atoms with Crippen molar-refractivity contribution in [1.82, 2.24) is 5.32 Å². The molecule has 0 bridgehead atoms. The van der Waals surface area contributed by atoms with E-state index in [9.17, 15) is 4.79 Å². The van der Waals surface area contributed by atoms with Gasteiger partial charge in [-0.25, -0.2) is 0 Å². The van der Waals surface area contributed by atoms with Gasteiger partial charge in [-0.05, 0) is 51.9 Å². The van der Waals surface area contributed by atoms with E-state index >= 15 is 0 Å². The van der Waals surface area contributed by atoms with Gasteiger partial charge >= 0.3 is 0 Å². The molecule has 0 saturated carbocycles. The van der Waals surface area contributed by atoms with Crippen molar-refractivity contribution in [3.63, 3.8) is 0 Å². The smallest absolute Gasteiger partial charge is 0.251 e. The van der Waals surface area contributed by atoms with E-state index in [0.29, 0.717) is 17.9 Å². The summed E-state index contributed by atoms with van der Waals surface area (Å²) in [7, 11) is 0. The number of rotatable bonds is 6. The first-order valence-electron chi connectivity index (χ1n) is 6.30. The van der Waals surface area contributed by atoms with Crippen LogP contribution in [0.1, 0.15) is 37.6 Å². The summed E-state index contributed by atoms with van der Waals surface area (Å²) in [6, 6.07) is 7.28. The van der Waals surface area contributed by atoms with Crippen molar-refractivity contribution in [2.75, 3.05) is 6.54 Å². The van der Waals surface area contributed by atoms with Crippen molar-refractivity contribution in [3.8, 4) is 5.75 Å². The van der Waals surface area contributed by atoms with Crippen molar-refractivity contribution in [3.05, 3.63) is 29.8 Å². The minimum atomic E-state index is -0.0924. The van der Waals surface area contributed by atoms with Crippen LogP contribution >= 0.6 is 0 Å². The summed E-state index contributed by atoms with van der Waals surface area (Å²) in [6.07, 6.45) is 0.868. The molecule has 3 N–H and O–H groups in total. The van der Waals surface area contributed by atoms with Crippen LogP contribution in [0.25, 0.3) is 0 Å². The molecule has 1 atom stereocenters. The fourth-order valence-corrected chi connectivity index (χ4v) is 1.61. The van der Waals surface area contributed by atoms with Gasteiger partial charge in [0.05, 0.1) is 6.10 Å². The predicted molar refractivity (Wildman–Crippen MR) is 72.8 cm³/mol. The van der Waals surface area contributed by atoms with Gasteiger partial charge < -0.3 is 15.8 Å². The Labute approximate surface area is 109 Å². The monoisotopic (exact) mass is 250 g/mol. The van der Waals surface area contributed by atoms with Crippen LogP contribution in [0.4, 0.5) is 0 Å². The van der Waals surface area contributed by atoms with Gasteiger partial charge in [-0.1, -0.05) is 6.07 Å². The largest absolute Gasteiger partial charge is 0.491 e. The van der Waals surface area contributed by atoms with Gasteiger partial charge in [-0.15, -0.1) is 0 Å². The Morgan fingerprint density at radius 1 is 1.39 bits per heavy atom. The van der Waals surface area contributed by atoms with E-state index in [1.807, 2.05) is 32.9 Å². The Bertz CT molecular complexity index is 391. The number of nitrogens with one attached hydrogen (secondary N) is 1. The van der Waals surface area contributed by atoms with Crippen molar-refractivity contribution >= 4 is 5.91 Å². The van der Waals surface area contributed by atoms with E-state index in [0.717, 1.165) is 6.42 Å². The lowest BCUT2D eigenvalue weighted by atomic mass is 10.1. The highest BCUT2D eigenvalue weighted by molar-refractivity contribution is 5.94. The van der Waals surface area contributed by atoms with E-state index in [-0.39, 0.29) is 18.1 Å². The summed E-state index contributed by atoms with van der Waals surface area (Å²) in [5.41, 5.74) is 6.06. The van der Waals surface area contributed by atoms with E-state index in [4.69, 9.17) is 10.5 Å². The molecule has 18 heavy (non-hydrogen) atoms. The van der Waals surface area contributed by atoms with E-state index in [1.165, 1.54) is 0 Å². The Morgan fingerprint density at radius 3 is 2.72 bits per heavy atom. The number of carbonyl (C=O) groups excluding carboxylic acids is 1. The fourth-order valence-electron chi connectivity index (χ4n) is 1.61. The highest BCUT2D eigenvalue weighted by atomic mass is 16.5. The van der Waals surface area contributed by atoms with Crippen molar-refractivity contribution in [1.29, 1.82) is 0 Å². The minimum absolute atomic E-state index is 0.0807. The Hall–Kier alpha value is -1.55. The van der Waals surface area contributed by atoms with Gasteiger partial charge in [0.25, 0.3) is 5.91 Å². The molecular weight excluding hydrogens is 228 g/mol. The number of benzene rings is 1. The maximum atomic E-state index is 12.0. The molecule has 1 aromatic rings. The molecule has 1 rings (SSSR count). The fraction of sp³-hybridized carbons (Fsp3) is 0.500. The topological polar surface area (TPSA) is 64.3 Å². The molecule has 100 valence electrons. The molecule has 0 aliphatic carbocycles. The summed E-state index contributed by atoms with van der Waals surface area (Å²) in [5, 5.41) is 2.90. The first kappa shape index (κ1) is 14.5. The molecule has 0 aliphatic heterocycles. The summed E-state index contributed by atoms with van der Waals surface area (Å²) in [4.78, 5) is 12.0. The number of amides is 1. The average molecular weight is 250 g/mol. The third-order valence-electron chi connectivity index (χ3n) is 2.45. The zero-order chi connectivity index (χ0) is 13.5. The third kappa shape index (κ3) is 4.75. The molecule has 0 radical (unpaired) electrons. The second-order valence-corrected chi connectivity index (χ2v) is 4.65. The first-order chi connectivity index (χ1) is 8.52. The van der Waals surface area contributed by atoms with Crippen LogP contribution in [0.5, 0.6) is 5.75 Å². The quantitative estimate of drug-likeness (QED) is 0.811. The van der Waals surface area contributed by atoms with Crippen LogP contribution < -0.4 is 15.8 Å². The standard InChI is InChI=1S/C14H22N2O2/c1-10(2)18-13-6-4-5-12(9-13)14(17)16-11(3)7-8-15/h4-6,9-11H,7-8,15H2,1-3H3,(H,16,17). The molecule has 1 amide bonds. The normalized spacial score (nSPS) is 12.3. The number of carbonyl (C=O) groups is 1. The van der Waals surface area contributed by atoms with Crippen molar-refractivity contribution in [2.45, 2.75) is 39.3 Å². The van der Waals surface area contributed by atoms with Crippen LogP contribution in [-0.4, -0.2) is 24.6 Å². The highest BCUT2D eigenvalue weighted by Crippen LogP contribution is 2.15. The molecule has 0 saturated heterocycles. The van der Waals surface area contributed by atoms with E-state index in [1.54, 1.807) is 12.1 Å². The Balaban J connectivity index is 2.68. The molecule has 0 aromatic heterocycles. The number of nitrogens with two attached hydrogens (primary N) is 1.